The van der Waals surface area contributed by atoms with E-state index in [2.05, 4.69) is 6.58 Å². The van der Waals surface area contributed by atoms with E-state index in [0.717, 1.165) is 0 Å². The molecule has 0 aromatic carbocycles. The second-order valence-electron chi connectivity index (χ2n) is 3.65. The smallest absolute Gasteiger partial charge is 0.166 e. The van der Waals surface area contributed by atoms with Crippen molar-refractivity contribution < 1.29 is 9.90 Å². The Hall–Kier alpha value is -0.630. The van der Waals surface area contributed by atoms with Crippen molar-refractivity contribution in [2.24, 2.45) is 5.41 Å². The number of carbonyl (C=O) groups is 1. The molecule has 0 radical (unpaired) electrons. The van der Waals surface area contributed by atoms with E-state index < -0.39 is 11.5 Å². The SMILES string of the molecule is C=CCC(O)C(=O)C(C)(C)C. The van der Waals surface area contributed by atoms with Crippen LogP contribution in [0.3, 0.4) is 0 Å². The Balaban J connectivity index is 4.13. The van der Waals surface area contributed by atoms with E-state index in [1.165, 1.54) is 0 Å². The van der Waals surface area contributed by atoms with Crippen LogP contribution in [0.1, 0.15) is 27.2 Å². The second kappa shape index (κ2) is 3.67. The van der Waals surface area contributed by atoms with Gasteiger partial charge in [0, 0.05) is 5.41 Å². The fraction of sp³-hybridized carbons (Fsp3) is 0.667. The molecular weight excluding hydrogens is 140 g/mol. The van der Waals surface area contributed by atoms with Gasteiger partial charge in [-0.2, -0.15) is 0 Å². The molecule has 1 N–H and O–H groups in total. The van der Waals surface area contributed by atoms with Gasteiger partial charge in [-0.3, -0.25) is 4.79 Å². The highest BCUT2D eigenvalue weighted by Gasteiger charge is 2.26. The number of carbonyl (C=O) groups excluding carboxylic acids is 1. The monoisotopic (exact) mass is 156 g/mol. The first-order valence-electron chi connectivity index (χ1n) is 3.73. The van der Waals surface area contributed by atoms with Crippen LogP contribution in [-0.4, -0.2) is 17.0 Å². The maximum Gasteiger partial charge on any atom is 0.166 e. The van der Waals surface area contributed by atoms with Crippen molar-refractivity contribution in [2.75, 3.05) is 0 Å². The molecule has 1 unspecified atom stereocenters. The van der Waals surface area contributed by atoms with Gasteiger partial charge in [0.15, 0.2) is 5.78 Å². The summed E-state index contributed by atoms with van der Waals surface area (Å²) in [5.74, 6) is -0.127. The molecule has 0 aliphatic heterocycles. The minimum absolute atomic E-state index is 0.127. The van der Waals surface area contributed by atoms with Crippen LogP contribution in [0.25, 0.3) is 0 Å². The van der Waals surface area contributed by atoms with Crippen molar-refractivity contribution in [1.29, 1.82) is 0 Å². The normalized spacial score (nSPS) is 14.2. The second-order valence-corrected chi connectivity index (χ2v) is 3.65. The summed E-state index contributed by atoms with van der Waals surface area (Å²) < 4.78 is 0. The Morgan fingerprint density at radius 2 is 2.09 bits per heavy atom. The van der Waals surface area contributed by atoms with Crippen LogP contribution in [0.15, 0.2) is 12.7 Å². The highest BCUT2D eigenvalue weighted by Crippen LogP contribution is 2.17. The molecule has 0 aromatic rings. The molecule has 0 heterocycles. The first-order valence-corrected chi connectivity index (χ1v) is 3.73. The summed E-state index contributed by atoms with van der Waals surface area (Å²) in [4.78, 5) is 11.3. The lowest BCUT2D eigenvalue weighted by Crippen LogP contribution is -2.31. The van der Waals surface area contributed by atoms with E-state index in [-0.39, 0.29) is 5.78 Å². The average molecular weight is 156 g/mol. The fourth-order valence-corrected chi connectivity index (χ4v) is 0.765. The topological polar surface area (TPSA) is 37.3 Å². The van der Waals surface area contributed by atoms with Gasteiger partial charge in [-0.15, -0.1) is 6.58 Å². The summed E-state index contributed by atoms with van der Waals surface area (Å²) >= 11 is 0. The number of ketones is 1. The zero-order valence-electron chi connectivity index (χ0n) is 7.42. The average Bonchev–Trinajstić information content (AvgIpc) is 1.85. The van der Waals surface area contributed by atoms with Gasteiger partial charge >= 0.3 is 0 Å². The van der Waals surface area contributed by atoms with Crippen molar-refractivity contribution in [3.05, 3.63) is 12.7 Å². The van der Waals surface area contributed by atoms with Crippen LogP contribution in [0.5, 0.6) is 0 Å². The molecule has 0 aromatic heterocycles. The Morgan fingerprint density at radius 3 is 2.36 bits per heavy atom. The fourth-order valence-electron chi connectivity index (χ4n) is 0.765. The maximum absolute atomic E-state index is 11.3. The molecule has 0 fully saturated rings. The van der Waals surface area contributed by atoms with Crippen molar-refractivity contribution in [3.8, 4) is 0 Å². The first-order chi connectivity index (χ1) is 4.89. The van der Waals surface area contributed by atoms with Gasteiger partial charge in [-0.1, -0.05) is 26.8 Å². The molecule has 0 spiro atoms. The quantitative estimate of drug-likeness (QED) is 0.629. The summed E-state index contributed by atoms with van der Waals surface area (Å²) in [6, 6.07) is 0. The third kappa shape index (κ3) is 3.33. The van der Waals surface area contributed by atoms with Gasteiger partial charge in [-0.05, 0) is 6.42 Å². The highest BCUT2D eigenvalue weighted by atomic mass is 16.3. The number of aliphatic hydroxyl groups excluding tert-OH is 1. The molecule has 1 atom stereocenters. The van der Waals surface area contributed by atoms with E-state index in [4.69, 9.17) is 0 Å². The molecule has 64 valence electrons. The van der Waals surface area contributed by atoms with Gasteiger partial charge in [0.25, 0.3) is 0 Å². The van der Waals surface area contributed by atoms with E-state index in [0.29, 0.717) is 6.42 Å². The van der Waals surface area contributed by atoms with E-state index in [1.807, 2.05) is 0 Å². The zero-order chi connectivity index (χ0) is 9.07. The Kier molecular flexibility index (Phi) is 3.46. The molecule has 0 saturated heterocycles. The maximum atomic E-state index is 11.3. The number of rotatable bonds is 3. The van der Waals surface area contributed by atoms with Crippen LogP contribution in [0, 0.1) is 5.41 Å². The summed E-state index contributed by atoms with van der Waals surface area (Å²) in [6.45, 7) is 8.83. The molecule has 2 heteroatoms. The minimum Gasteiger partial charge on any atom is -0.385 e. The number of hydrogen-bond acceptors (Lipinski definition) is 2. The summed E-state index contributed by atoms with van der Waals surface area (Å²) in [5, 5.41) is 9.23. The molecule has 0 aliphatic carbocycles. The van der Waals surface area contributed by atoms with Gasteiger partial charge < -0.3 is 5.11 Å². The van der Waals surface area contributed by atoms with E-state index in [9.17, 15) is 9.90 Å². The third-order valence-electron chi connectivity index (χ3n) is 1.43. The minimum atomic E-state index is -0.882. The van der Waals surface area contributed by atoms with Gasteiger partial charge in [0.2, 0.25) is 0 Å². The third-order valence-corrected chi connectivity index (χ3v) is 1.43. The number of hydrogen-bond donors (Lipinski definition) is 1. The molecule has 11 heavy (non-hydrogen) atoms. The number of Topliss-reactive ketones (excluding diaryl/α,β-unsaturated/α-hetero) is 1. The van der Waals surface area contributed by atoms with Crippen molar-refractivity contribution in [3.63, 3.8) is 0 Å². The largest absolute Gasteiger partial charge is 0.385 e. The molecule has 0 saturated carbocycles. The van der Waals surface area contributed by atoms with Gasteiger partial charge in [0.05, 0.1) is 0 Å². The predicted molar refractivity (Wildman–Crippen MR) is 45.3 cm³/mol. The molecule has 2 nitrogen and oxygen atoms in total. The van der Waals surface area contributed by atoms with Crippen LogP contribution in [0.4, 0.5) is 0 Å². The Bertz CT molecular complexity index is 153. The predicted octanol–water partition coefficient (Wildman–Crippen LogP) is 1.54. The lowest BCUT2D eigenvalue weighted by Gasteiger charge is -2.19. The summed E-state index contributed by atoms with van der Waals surface area (Å²) in [6.07, 6.45) is 1.01. The summed E-state index contributed by atoms with van der Waals surface area (Å²) in [5.41, 5.74) is -0.456. The summed E-state index contributed by atoms with van der Waals surface area (Å²) in [7, 11) is 0. The molecule has 0 aliphatic rings. The first kappa shape index (κ1) is 10.4. The molecule has 0 rings (SSSR count). The molecule has 0 amide bonds. The standard InChI is InChI=1S/C9H16O2/c1-5-6-7(10)8(11)9(2,3)4/h5,7,10H,1,6H2,2-4H3. The lowest BCUT2D eigenvalue weighted by atomic mass is 9.87. The van der Waals surface area contributed by atoms with Gasteiger partial charge in [0.1, 0.15) is 6.10 Å². The molecule has 0 bridgehead atoms. The zero-order valence-corrected chi connectivity index (χ0v) is 7.42. The van der Waals surface area contributed by atoms with Crippen molar-refractivity contribution in [2.45, 2.75) is 33.3 Å². The van der Waals surface area contributed by atoms with Crippen LogP contribution in [-0.2, 0) is 4.79 Å². The van der Waals surface area contributed by atoms with E-state index >= 15 is 0 Å². The van der Waals surface area contributed by atoms with Crippen LogP contribution in [0.2, 0.25) is 0 Å². The molecular formula is C9H16O2. The van der Waals surface area contributed by atoms with Crippen LogP contribution >= 0.6 is 0 Å². The Morgan fingerprint density at radius 1 is 1.64 bits per heavy atom. The highest BCUT2D eigenvalue weighted by molar-refractivity contribution is 5.87. The van der Waals surface area contributed by atoms with Crippen molar-refractivity contribution >= 4 is 5.78 Å². The van der Waals surface area contributed by atoms with E-state index in [1.54, 1.807) is 26.8 Å². The number of aliphatic hydroxyl groups is 1. The van der Waals surface area contributed by atoms with Crippen LogP contribution < -0.4 is 0 Å². The van der Waals surface area contributed by atoms with Crippen molar-refractivity contribution in [1.82, 2.24) is 0 Å². The Labute approximate surface area is 67.9 Å². The van der Waals surface area contributed by atoms with Gasteiger partial charge in [-0.25, -0.2) is 0 Å². The lowest BCUT2D eigenvalue weighted by molar-refractivity contribution is -0.134.